The lowest BCUT2D eigenvalue weighted by molar-refractivity contribution is -0.129. The van der Waals surface area contributed by atoms with Crippen LogP contribution in [0.5, 0.6) is 0 Å². The first-order valence-corrected chi connectivity index (χ1v) is 6.38. The largest absolute Gasteiger partial charge is 0.343 e. The third-order valence-electron chi connectivity index (χ3n) is 3.26. The summed E-state index contributed by atoms with van der Waals surface area (Å²) in [5, 5.41) is 2.52. The van der Waals surface area contributed by atoms with E-state index < -0.39 is 11.7 Å². The Labute approximate surface area is 111 Å². The summed E-state index contributed by atoms with van der Waals surface area (Å²) in [6.07, 6.45) is 1.00. The van der Waals surface area contributed by atoms with E-state index >= 15 is 0 Å². The Bertz CT molecular complexity index is 490. The van der Waals surface area contributed by atoms with Crippen LogP contribution < -0.4 is 5.32 Å². The van der Waals surface area contributed by atoms with Crippen molar-refractivity contribution in [2.24, 2.45) is 5.92 Å². The molecular weight excluding hydrogens is 247 g/mol. The lowest BCUT2D eigenvalue weighted by Crippen LogP contribution is -2.39. The molecule has 2 amide bonds. The molecule has 0 aromatic heterocycles. The van der Waals surface area contributed by atoms with Gasteiger partial charge in [-0.05, 0) is 30.5 Å². The van der Waals surface area contributed by atoms with Crippen LogP contribution in [0.1, 0.15) is 23.7 Å². The van der Waals surface area contributed by atoms with E-state index in [9.17, 15) is 14.0 Å². The summed E-state index contributed by atoms with van der Waals surface area (Å²) >= 11 is 0. The van der Waals surface area contributed by atoms with Gasteiger partial charge in [0.25, 0.3) is 5.91 Å². The van der Waals surface area contributed by atoms with Crippen molar-refractivity contribution in [1.82, 2.24) is 10.2 Å². The molecule has 2 rings (SSSR count). The first-order valence-electron chi connectivity index (χ1n) is 6.38. The molecule has 1 heterocycles. The van der Waals surface area contributed by atoms with E-state index in [-0.39, 0.29) is 18.0 Å². The number of halogens is 1. The first-order chi connectivity index (χ1) is 9.06. The van der Waals surface area contributed by atoms with Gasteiger partial charge in [-0.25, -0.2) is 4.39 Å². The molecule has 1 aromatic carbocycles. The molecule has 5 heteroatoms. The maximum absolute atomic E-state index is 13.0. The monoisotopic (exact) mass is 264 g/mol. The van der Waals surface area contributed by atoms with Gasteiger partial charge in [0.1, 0.15) is 5.82 Å². The van der Waals surface area contributed by atoms with Crippen molar-refractivity contribution in [3.8, 4) is 0 Å². The van der Waals surface area contributed by atoms with E-state index in [0.717, 1.165) is 25.6 Å². The Balaban J connectivity index is 1.85. The van der Waals surface area contributed by atoms with E-state index in [2.05, 4.69) is 12.2 Å². The summed E-state index contributed by atoms with van der Waals surface area (Å²) < 4.78 is 13.0. The zero-order valence-corrected chi connectivity index (χ0v) is 10.9. The van der Waals surface area contributed by atoms with Gasteiger partial charge in [0.05, 0.1) is 6.54 Å². The summed E-state index contributed by atoms with van der Waals surface area (Å²) in [7, 11) is 0. The number of amides is 2. The SMILES string of the molecule is CC1CCN(C(=O)CNC(=O)c2cccc(F)c2)C1. The Kier molecular flexibility index (Phi) is 4.14. The minimum Gasteiger partial charge on any atom is -0.343 e. The topological polar surface area (TPSA) is 49.4 Å². The van der Waals surface area contributed by atoms with Crippen molar-refractivity contribution >= 4 is 11.8 Å². The summed E-state index contributed by atoms with van der Waals surface area (Å²) in [6.45, 7) is 3.55. The molecule has 0 saturated carbocycles. The van der Waals surface area contributed by atoms with Crippen LogP contribution in [0.4, 0.5) is 4.39 Å². The molecule has 0 bridgehead atoms. The fourth-order valence-electron chi connectivity index (χ4n) is 2.16. The van der Waals surface area contributed by atoms with Gasteiger partial charge in [-0.1, -0.05) is 13.0 Å². The number of likely N-dealkylation sites (tertiary alicyclic amines) is 1. The van der Waals surface area contributed by atoms with Crippen LogP contribution in [0.3, 0.4) is 0 Å². The second-order valence-electron chi connectivity index (χ2n) is 4.93. The third-order valence-corrected chi connectivity index (χ3v) is 3.26. The molecule has 1 saturated heterocycles. The average molecular weight is 264 g/mol. The summed E-state index contributed by atoms with van der Waals surface area (Å²) in [4.78, 5) is 25.3. The first kappa shape index (κ1) is 13.5. The van der Waals surface area contributed by atoms with Crippen molar-refractivity contribution in [2.75, 3.05) is 19.6 Å². The molecule has 1 fully saturated rings. The standard InChI is InChI=1S/C14H17FN2O2/c1-10-5-6-17(9-10)13(18)8-16-14(19)11-3-2-4-12(15)7-11/h2-4,7,10H,5-6,8-9H2,1H3,(H,16,19). The smallest absolute Gasteiger partial charge is 0.251 e. The fraction of sp³-hybridized carbons (Fsp3) is 0.429. The number of hydrogen-bond acceptors (Lipinski definition) is 2. The normalized spacial score (nSPS) is 18.4. The predicted molar refractivity (Wildman–Crippen MR) is 69.1 cm³/mol. The van der Waals surface area contributed by atoms with Crippen LogP contribution >= 0.6 is 0 Å². The third kappa shape index (κ3) is 3.53. The molecule has 0 radical (unpaired) electrons. The number of nitrogens with one attached hydrogen (secondary N) is 1. The van der Waals surface area contributed by atoms with Gasteiger partial charge in [-0.2, -0.15) is 0 Å². The molecule has 1 aliphatic rings. The van der Waals surface area contributed by atoms with Gasteiger partial charge in [0.2, 0.25) is 5.91 Å². The average Bonchev–Trinajstić information content (AvgIpc) is 2.82. The molecule has 0 spiro atoms. The summed E-state index contributed by atoms with van der Waals surface area (Å²) in [6, 6.07) is 5.40. The maximum atomic E-state index is 13.0. The Morgan fingerprint density at radius 1 is 1.47 bits per heavy atom. The van der Waals surface area contributed by atoms with Crippen LogP contribution in [0, 0.1) is 11.7 Å². The van der Waals surface area contributed by atoms with Crippen molar-refractivity contribution in [2.45, 2.75) is 13.3 Å². The highest BCUT2D eigenvalue weighted by Gasteiger charge is 2.23. The second kappa shape index (κ2) is 5.82. The highest BCUT2D eigenvalue weighted by atomic mass is 19.1. The number of benzene rings is 1. The molecular formula is C14H17FN2O2. The molecule has 1 unspecified atom stereocenters. The number of carbonyl (C=O) groups is 2. The van der Waals surface area contributed by atoms with Crippen molar-refractivity contribution < 1.29 is 14.0 Å². The van der Waals surface area contributed by atoms with Gasteiger partial charge in [0.15, 0.2) is 0 Å². The van der Waals surface area contributed by atoms with Crippen LogP contribution in [-0.2, 0) is 4.79 Å². The molecule has 0 aliphatic carbocycles. The van der Waals surface area contributed by atoms with Crippen LogP contribution in [-0.4, -0.2) is 36.3 Å². The highest BCUT2D eigenvalue weighted by Crippen LogP contribution is 2.14. The molecule has 4 nitrogen and oxygen atoms in total. The molecule has 19 heavy (non-hydrogen) atoms. The predicted octanol–water partition coefficient (Wildman–Crippen LogP) is 1.42. The number of rotatable bonds is 3. The van der Waals surface area contributed by atoms with Crippen LogP contribution in [0.2, 0.25) is 0 Å². The second-order valence-corrected chi connectivity index (χ2v) is 4.93. The van der Waals surface area contributed by atoms with Crippen molar-refractivity contribution in [1.29, 1.82) is 0 Å². The molecule has 1 atom stereocenters. The van der Waals surface area contributed by atoms with Crippen LogP contribution in [0.25, 0.3) is 0 Å². The number of nitrogens with zero attached hydrogens (tertiary/aromatic N) is 1. The van der Waals surface area contributed by atoms with Gasteiger partial charge in [0, 0.05) is 18.7 Å². The maximum Gasteiger partial charge on any atom is 0.251 e. The fourth-order valence-corrected chi connectivity index (χ4v) is 2.16. The van der Waals surface area contributed by atoms with Crippen molar-refractivity contribution in [3.63, 3.8) is 0 Å². The van der Waals surface area contributed by atoms with E-state index in [1.165, 1.54) is 18.2 Å². The Hall–Kier alpha value is -1.91. The zero-order valence-electron chi connectivity index (χ0n) is 10.9. The quantitative estimate of drug-likeness (QED) is 0.897. The van der Waals surface area contributed by atoms with E-state index in [1.54, 1.807) is 4.90 Å². The lowest BCUT2D eigenvalue weighted by atomic mass is 10.2. The minimum absolute atomic E-state index is 0.0396. The van der Waals surface area contributed by atoms with E-state index in [4.69, 9.17) is 0 Å². The van der Waals surface area contributed by atoms with Gasteiger partial charge in [-0.15, -0.1) is 0 Å². The molecule has 1 aliphatic heterocycles. The Morgan fingerprint density at radius 3 is 2.89 bits per heavy atom. The van der Waals surface area contributed by atoms with E-state index in [0.29, 0.717) is 5.92 Å². The van der Waals surface area contributed by atoms with Gasteiger partial charge >= 0.3 is 0 Å². The van der Waals surface area contributed by atoms with Crippen LogP contribution in [0.15, 0.2) is 24.3 Å². The highest BCUT2D eigenvalue weighted by molar-refractivity contribution is 5.96. The van der Waals surface area contributed by atoms with E-state index in [1.807, 2.05) is 0 Å². The van der Waals surface area contributed by atoms with Gasteiger partial charge in [-0.3, -0.25) is 9.59 Å². The summed E-state index contributed by atoms with van der Waals surface area (Å²) in [5.74, 6) is -0.468. The number of hydrogen-bond donors (Lipinski definition) is 1. The molecule has 102 valence electrons. The van der Waals surface area contributed by atoms with Gasteiger partial charge < -0.3 is 10.2 Å². The van der Waals surface area contributed by atoms with Crippen molar-refractivity contribution in [3.05, 3.63) is 35.6 Å². The molecule has 1 aromatic rings. The lowest BCUT2D eigenvalue weighted by Gasteiger charge is -2.16. The Morgan fingerprint density at radius 2 is 2.26 bits per heavy atom. The minimum atomic E-state index is -0.465. The zero-order chi connectivity index (χ0) is 13.8. The molecule has 1 N–H and O–H groups in total. The number of carbonyl (C=O) groups excluding carboxylic acids is 2. The summed E-state index contributed by atoms with van der Waals surface area (Å²) in [5.41, 5.74) is 0.225.